The average molecular weight is 420 g/mol. The van der Waals surface area contributed by atoms with Gasteiger partial charge in [0.25, 0.3) is 6.43 Å². The van der Waals surface area contributed by atoms with E-state index in [1.54, 1.807) is 24.4 Å². The molecule has 0 saturated heterocycles. The van der Waals surface area contributed by atoms with E-state index in [0.717, 1.165) is 12.1 Å². The number of rotatable bonds is 4. The Balaban J connectivity index is 1.75. The van der Waals surface area contributed by atoms with Crippen LogP contribution < -0.4 is 11.1 Å². The second-order valence-electron chi connectivity index (χ2n) is 6.28. The summed E-state index contributed by atoms with van der Waals surface area (Å²) in [6.45, 7) is 0. The largest absolute Gasteiger partial charge is 0.416 e. The molecule has 3 heterocycles. The Bertz CT molecular complexity index is 1200. The van der Waals surface area contributed by atoms with Crippen LogP contribution in [0.15, 0.2) is 54.7 Å². The Morgan fingerprint density at radius 3 is 2.37 bits per heavy atom. The monoisotopic (exact) mass is 420 g/mol. The molecular formula is C19H13F5N6. The molecule has 0 unspecified atom stereocenters. The first-order valence-electron chi connectivity index (χ1n) is 8.57. The van der Waals surface area contributed by atoms with Crippen LogP contribution in [-0.4, -0.2) is 19.4 Å². The molecule has 0 spiro atoms. The molecule has 0 bridgehead atoms. The lowest BCUT2D eigenvalue weighted by Gasteiger charge is -2.11. The van der Waals surface area contributed by atoms with Gasteiger partial charge in [0.1, 0.15) is 28.7 Å². The Hall–Kier alpha value is -3.76. The third kappa shape index (κ3) is 3.73. The van der Waals surface area contributed by atoms with Crippen LogP contribution in [0.3, 0.4) is 0 Å². The highest BCUT2D eigenvalue weighted by Crippen LogP contribution is 2.32. The molecule has 0 aliphatic rings. The van der Waals surface area contributed by atoms with Crippen molar-refractivity contribution in [3.63, 3.8) is 0 Å². The minimum atomic E-state index is -4.46. The van der Waals surface area contributed by atoms with Crippen molar-refractivity contribution in [2.75, 3.05) is 11.1 Å². The van der Waals surface area contributed by atoms with E-state index in [2.05, 4.69) is 20.3 Å². The summed E-state index contributed by atoms with van der Waals surface area (Å²) in [7, 11) is 0. The lowest BCUT2D eigenvalue weighted by atomic mass is 10.2. The number of nitrogens with two attached hydrogens (primary N) is 1. The van der Waals surface area contributed by atoms with Gasteiger partial charge in [0.2, 0.25) is 0 Å². The predicted molar refractivity (Wildman–Crippen MR) is 100 cm³/mol. The van der Waals surface area contributed by atoms with Crippen LogP contribution in [0.1, 0.15) is 17.7 Å². The zero-order valence-corrected chi connectivity index (χ0v) is 15.0. The van der Waals surface area contributed by atoms with Crippen molar-refractivity contribution >= 4 is 23.0 Å². The van der Waals surface area contributed by atoms with Gasteiger partial charge in [-0.15, -0.1) is 0 Å². The Labute approximate surface area is 166 Å². The first kappa shape index (κ1) is 19.6. The topological polar surface area (TPSA) is 81.1 Å². The molecule has 1 aromatic carbocycles. The van der Waals surface area contributed by atoms with E-state index < -0.39 is 23.9 Å². The van der Waals surface area contributed by atoms with Crippen LogP contribution in [0.25, 0.3) is 17.2 Å². The van der Waals surface area contributed by atoms with Crippen LogP contribution in [-0.2, 0) is 6.18 Å². The number of nitrogen functional groups attached to an aromatic ring is 1. The van der Waals surface area contributed by atoms with E-state index in [1.165, 1.54) is 22.6 Å². The number of alkyl halides is 5. The van der Waals surface area contributed by atoms with Crippen LogP contribution >= 0.6 is 0 Å². The molecule has 0 aliphatic carbocycles. The number of hydrogen-bond donors (Lipinski definition) is 2. The molecule has 0 amide bonds. The number of hydrogen-bond acceptors (Lipinski definition) is 5. The Morgan fingerprint density at radius 1 is 0.967 bits per heavy atom. The molecule has 3 aromatic heterocycles. The van der Waals surface area contributed by atoms with Gasteiger partial charge in [-0.3, -0.25) is 4.40 Å². The van der Waals surface area contributed by atoms with Crippen LogP contribution in [0.2, 0.25) is 0 Å². The molecule has 11 heteroatoms. The lowest BCUT2D eigenvalue weighted by Crippen LogP contribution is -2.05. The van der Waals surface area contributed by atoms with Crippen molar-refractivity contribution in [3.8, 4) is 11.5 Å². The second-order valence-corrected chi connectivity index (χ2v) is 6.28. The number of nitrogens with one attached hydrogen (secondary N) is 1. The lowest BCUT2D eigenvalue weighted by molar-refractivity contribution is -0.137. The van der Waals surface area contributed by atoms with E-state index in [1.807, 2.05) is 0 Å². The summed E-state index contributed by atoms with van der Waals surface area (Å²) < 4.78 is 66.7. The van der Waals surface area contributed by atoms with Gasteiger partial charge in [-0.25, -0.2) is 23.7 Å². The number of fused-ring (bicyclic) bond motifs is 1. The minimum Gasteiger partial charge on any atom is -0.384 e. The number of nitrogens with zero attached hydrogens (tertiary/aromatic N) is 4. The zero-order chi connectivity index (χ0) is 21.5. The van der Waals surface area contributed by atoms with Gasteiger partial charge in [-0.05, 0) is 36.4 Å². The molecule has 30 heavy (non-hydrogen) atoms. The highest BCUT2D eigenvalue weighted by molar-refractivity contribution is 5.67. The number of benzene rings is 1. The van der Waals surface area contributed by atoms with Crippen molar-refractivity contribution in [3.05, 3.63) is 66.0 Å². The molecule has 0 aliphatic heterocycles. The second kappa shape index (κ2) is 7.25. The molecular weight excluding hydrogens is 407 g/mol. The fraction of sp³-hybridized carbons (Fsp3) is 0.105. The van der Waals surface area contributed by atoms with Gasteiger partial charge in [0, 0.05) is 18.0 Å². The number of halogens is 5. The summed E-state index contributed by atoms with van der Waals surface area (Å²) in [6, 6.07) is 10.5. The van der Waals surface area contributed by atoms with Gasteiger partial charge in [-0.1, -0.05) is 6.07 Å². The smallest absolute Gasteiger partial charge is 0.384 e. The van der Waals surface area contributed by atoms with Crippen LogP contribution in [0.4, 0.5) is 39.3 Å². The average Bonchev–Trinajstić information content (AvgIpc) is 3.07. The Morgan fingerprint density at radius 2 is 1.70 bits per heavy atom. The van der Waals surface area contributed by atoms with Crippen molar-refractivity contribution in [2.24, 2.45) is 0 Å². The summed E-state index contributed by atoms with van der Waals surface area (Å²) in [4.78, 5) is 12.2. The number of aromatic nitrogens is 4. The van der Waals surface area contributed by atoms with E-state index in [9.17, 15) is 22.0 Å². The summed E-state index contributed by atoms with van der Waals surface area (Å²) in [5.41, 5.74) is 5.07. The molecule has 0 radical (unpaired) electrons. The standard InChI is InChI=1S/C19H13F5N6/c20-17(21)15-16(30-8-2-1-3-14(30)29-15)18-27-12(25)9-13(28-18)26-11-6-4-10(5-7-11)19(22,23)24/h1-9,17H,(H3,25,26,27,28). The van der Waals surface area contributed by atoms with Crippen LogP contribution in [0.5, 0.6) is 0 Å². The molecule has 4 rings (SSSR count). The number of pyridine rings is 1. The van der Waals surface area contributed by atoms with Crippen molar-refractivity contribution in [1.82, 2.24) is 19.4 Å². The summed E-state index contributed by atoms with van der Waals surface area (Å²) >= 11 is 0. The number of anilines is 3. The van der Waals surface area contributed by atoms with E-state index >= 15 is 0 Å². The first-order chi connectivity index (χ1) is 14.2. The first-order valence-corrected chi connectivity index (χ1v) is 8.57. The predicted octanol–water partition coefficient (Wildman–Crippen LogP) is 5.07. The summed E-state index contributed by atoms with van der Waals surface area (Å²) in [5, 5.41) is 2.81. The van der Waals surface area contributed by atoms with E-state index in [0.29, 0.717) is 5.69 Å². The molecule has 0 saturated carbocycles. The SMILES string of the molecule is Nc1cc(Nc2ccc(C(F)(F)F)cc2)nc(-c2c(C(F)F)nc3ccccn23)n1. The molecule has 154 valence electrons. The van der Waals surface area contributed by atoms with Gasteiger partial charge in [0.15, 0.2) is 5.82 Å². The van der Waals surface area contributed by atoms with Crippen LogP contribution in [0, 0.1) is 0 Å². The molecule has 0 atom stereocenters. The Kier molecular flexibility index (Phi) is 4.72. The van der Waals surface area contributed by atoms with Gasteiger partial charge < -0.3 is 11.1 Å². The van der Waals surface area contributed by atoms with Gasteiger partial charge >= 0.3 is 6.18 Å². The number of imidazole rings is 1. The highest BCUT2D eigenvalue weighted by Gasteiger charge is 2.30. The van der Waals surface area contributed by atoms with Gasteiger partial charge in [-0.2, -0.15) is 13.2 Å². The quantitative estimate of drug-likeness (QED) is 0.451. The third-order valence-electron chi connectivity index (χ3n) is 4.21. The maximum Gasteiger partial charge on any atom is 0.416 e. The molecule has 6 nitrogen and oxygen atoms in total. The highest BCUT2D eigenvalue weighted by atomic mass is 19.4. The van der Waals surface area contributed by atoms with Crippen molar-refractivity contribution in [1.29, 1.82) is 0 Å². The van der Waals surface area contributed by atoms with E-state index in [-0.39, 0.29) is 28.8 Å². The fourth-order valence-corrected chi connectivity index (χ4v) is 2.91. The maximum atomic E-state index is 13.6. The molecule has 0 fully saturated rings. The van der Waals surface area contributed by atoms with Gasteiger partial charge in [0.05, 0.1) is 5.56 Å². The maximum absolute atomic E-state index is 13.6. The third-order valence-corrected chi connectivity index (χ3v) is 4.21. The molecule has 3 N–H and O–H groups in total. The fourth-order valence-electron chi connectivity index (χ4n) is 2.91. The zero-order valence-electron chi connectivity index (χ0n) is 15.0. The van der Waals surface area contributed by atoms with Crippen molar-refractivity contribution in [2.45, 2.75) is 12.6 Å². The van der Waals surface area contributed by atoms with E-state index in [4.69, 9.17) is 5.73 Å². The molecule has 4 aromatic rings. The normalized spacial score (nSPS) is 11.9. The minimum absolute atomic E-state index is 0.0134. The summed E-state index contributed by atoms with van der Waals surface area (Å²) in [6.07, 6.45) is -5.80. The van der Waals surface area contributed by atoms with Crippen molar-refractivity contribution < 1.29 is 22.0 Å². The summed E-state index contributed by atoms with van der Waals surface area (Å²) in [5.74, 6) is 0.0160.